The van der Waals surface area contributed by atoms with Gasteiger partial charge in [0, 0.05) is 6.42 Å². The SMILES string of the molecule is CC/C=C/C/C=C/C/C=C/CCCCC(CC(=O)NC(CO)C(O)CCCCCCCCCCCCCCC)OC(=O)CCCCC/C=C\CCCCCCCCC. The second-order valence-electron chi connectivity index (χ2n) is 16.8. The maximum absolute atomic E-state index is 13.2. The molecule has 0 radical (unpaired) electrons. The lowest BCUT2D eigenvalue weighted by Gasteiger charge is -2.24. The van der Waals surface area contributed by atoms with Crippen LogP contribution < -0.4 is 5.32 Å². The van der Waals surface area contributed by atoms with Crippen LogP contribution in [0.2, 0.25) is 0 Å². The zero-order valence-corrected chi connectivity index (χ0v) is 38.4. The Labute approximate surface area is 359 Å². The molecule has 0 aliphatic heterocycles. The van der Waals surface area contributed by atoms with Gasteiger partial charge in [-0.1, -0.05) is 198 Å². The number of ether oxygens (including phenoxy) is 1. The van der Waals surface area contributed by atoms with Crippen molar-refractivity contribution < 1.29 is 24.5 Å². The Kier molecular flexibility index (Phi) is 44.2. The van der Waals surface area contributed by atoms with Crippen LogP contribution in [0, 0.1) is 0 Å². The van der Waals surface area contributed by atoms with Crippen molar-refractivity contribution in [3.8, 4) is 0 Å². The summed E-state index contributed by atoms with van der Waals surface area (Å²) in [6.07, 6.45) is 54.6. The molecule has 3 unspecified atom stereocenters. The highest BCUT2D eigenvalue weighted by Crippen LogP contribution is 2.17. The molecule has 3 atom stereocenters. The van der Waals surface area contributed by atoms with Crippen LogP contribution in [-0.2, 0) is 14.3 Å². The monoisotopic (exact) mass is 814 g/mol. The van der Waals surface area contributed by atoms with Gasteiger partial charge in [-0.2, -0.15) is 0 Å². The molecule has 0 aromatic rings. The van der Waals surface area contributed by atoms with Crippen molar-refractivity contribution in [1.82, 2.24) is 5.32 Å². The minimum Gasteiger partial charge on any atom is -0.462 e. The van der Waals surface area contributed by atoms with Crippen molar-refractivity contribution in [1.29, 1.82) is 0 Å². The van der Waals surface area contributed by atoms with E-state index < -0.39 is 18.2 Å². The number of hydrogen-bond donors (Lipinski definition) is 3. The highest BCUT2D eigenvalue weighted by molar-refractivity contribution is 5.77. The van der Waals surface area contributed by atoms with Gasteiger partial charge in [-0.25, -0.2) is 0 Å². The molecule has 0 heterocycles. The Morgan fingerprint density at radius 3 is 1.45 bits per heavy atom. The van der Waals surface area contributed by atoms with Crippen LogP contribution in [0.4, 0.5) is 0 Å². The molecule has 0 bridgehead atoms. The molecule has 338 valence electrons. The number of carbonyl (C=O) groups is 2. The third-order valence-electron chi connectivity index (χ3n) is 11.1. The second kappa shape index (κ2) is 45.9. The first-order valence-electron chi connectivity index (χ1n) is 24.9. The summed E-state index contributed by atoms with van der Waals surface area (Å²) in [7, 11) is 0. The third kappa shape index (κ3) is 40.6. The van der Waals surface area contributed by atoms with Gasteiger partial charge >= 0.3 is 5.97 Å². The molecule has 6 nitrogen and oxygen atoms in total. The van der Waals surface area contributed by atoms with E-state index in [1.165, 1.54) is 109 Å². The maximum atomic E-state index is 13.2. The van der Waals surface area contributed by atoms with Crippen LogP contribution >= 0.6 is 0 Å². The fraction of sp³-hybridized carbons (Fsp3) is 0.808. The van der Waals surface area contributed by atoms with Gasteiger partial charge in [-0.3, -0.25) is 9.59 Å². The van der Waals surface area contributed by atoms with Crippen molar-refractivity contribution in [2.45, 2.75) is 264 Å². The first-order chi connectivity index (χ1) is 28.5. The predicted molar refractivity (Wildman–Crippen MR) is 250 cm³/mol. The van der Waals surface area contributed by atoms with Crippen molar-refractivity contribution in [3.05, 3.63) is 48.6 Å². The van der Waals surface area contributed by atoms with Crippen molar-refractivity contribution in [2.75, 3.05) is 6.61 Å². The molecule has 0 rings (SSSR count). The minimum absolute atomic E-state index is 0.0460. The lowest BCUT2D eigenvalue weighted by atomic mass is 10.0. The summed E-state index contributed by atoms with van der Waals surface area (Å²) in [5.41, 5.74) is 0. The molecule has 0 saturated carbocycles. The molecular weight excluding hydrogens is 719 g/mol. The van der Waals surface area contributed by atoms with Crippen LogP contribution in [0.5, 0.6) is 0 Å². The Morgan fingerprint density at radius 2 is 0.931 bits per heavy atom. The first-order valence-corrected chi connectivity index (χ1v) is 24.9. The van der Waals surface area contributed by atoms with E-state index in [4.69, 9.17) is 4.74 Å². The summed E-state index contributed by atoms with van der Waals surface area (Å²) in [6, 6.07) is -0.715. The number of allylic oxidation sites excluding steroid dienone is 8. The van der Waals surface area contributed by atoms with E-state index in [1.807, 2.05) is 0 Å². The second-order valence-corrected chi connectivity index (χ2v) is 16.8. The Morgan fingerprint density at radius 1 is 0.517 bits per heavy atom. The summed E-state index contributed by atoms with van der Waals surface area (Å²) in [4.78, 5) is 26.1. The van der Waals surface area contributed by atoms with Gasteiger partial charge in [-0.05, 0) is 83.5 Å². The number of amides is 1. The van der Waals surface area contributed by atoms with E-state index >= 15 is 0 Å². The molecule has 0 spiro atoms. The van der Waals surface area contributed by atoms with Gasteiger partial charge in [0.05, 0.1) is 25.2 Å². The lowest BCUT2D eigenvalue weighted by Crippen LogP contribution is -2.46. The fourth-order valence-corrected chi connectivity index (χ4v) is 7.38. The van der Waals surface area contributed by atoms with E-state index in [-0.39, 0.29) is 24.9 Å². The molecule has 0 aliphatic carbocycles. The van der Waals surface area contributed by atoms with Gasteiger partial charge in [0.25, 0.3) is 0 Å². The molecule has 0 saturated heterocycles. The van der Waals surface area contributed by atoms with Crippen LogP contribution in [0.15, 0.2) is 48.6 Å². The largest absolute Gasteiger partial charge is 0.462 e. The summed E-state index contributed by atoms with van der Waals surface area (Å²) >= 11 is 0. The molecule has 0 fully saturated rings. The Balaban J connectivity index is 4.62. The van der Waals surface area contributed by atoms with Crippen LogP contribution in [0.25, 0.3) is 0 Å². The van der Waals surface area contributed by atoms with Gasteiger partial charge in [0.2, 0.25) is 5.91 Å². The van der Waals surface area contributed by atoms with E-state index in [2.05, 4.69) is 74.7 Å². The molecule has 0 aromatic heterocycles. The number of esters is 1. The fourth-order valence-electron chi connectivity index (χ4n) is 7.38. The topological polar surface area (TPSA) is 95.9 Å². The molecular formula is C52H95NO5. The van der Waals surface area contributed by atoms with E-state index in [1.54, 1.807) is 0 Å². The van der Waals surface area contributed by atoms with E-state index in [9.17, 15) is 19.8 Å². The normalized spacial score (nSPS) is 13.7. The number of nitrogens with one attached hydrogen (secondary N) is 1. The number of aliphatic hydroxyl groups excluding tert-OH is 2. The number of aliphatic hydroxyl groups is 2. The van der Waals surface area contributed by atoms with Gasteiger partial charge in [0.15, 0.2) is 0 Å². The molecule has 3 N–H and O–H groups in total. The van der Waals surface area contributed by atoms with Gasteiger partial charge in [0.1, 0.15) is 6.10 Å². The van der Waals surface area contributed by atoms with Gasteiger partial charge in [-0.15, -0.1) is 0 Å². The standard InChI is InChI=1S/C52H95NO5/c1-4-7-10-13-16-19-22-25-27-30-33-36-39-42-45-52(57)58-48(43-40-37-34-31-28-24-21-18-15-12-9-6-3)46-51(56)53-49(47-54)50(55)44-41-38-35-32-29-26-23-20-17-14-11-8-5-2/h9,12,18,21,27-28,30-31,48-50,54-55H,4-8,10-11,13-17,19-20,22-26,29,32-47H2,1-3H3,(H,53,56)/b12-9+,21-18+,30-27-,31-28+. The Bertz CT molecular complexity index is 1000. The minimum atomic E-state index is -0.799. The molecule has 1 amide bonds. The molecule has 58 heavy (non-hydrogen) atoms. The van der Waals surface area contributed by atoms with Crippen molar-refractivity contribution in [2.24, 2.45) is 0 Å². The quantitative estimate of drug-likeness (QED) is 0.0323. The van der Waals surface area contributed by atoms with Crippen molar-refractivity contribution >= 4 is 11.9 Å². The number of carbonyl (C=O) groups excluding carboxylic acids is 2. The highest BCUT2D eigenvalue weighted by Gasteiger charge is 2.24. The summed E-state index contributed by atoms with van der Waals surface area (Å²) in [6.45, 7) is 6.35. The van der Waals surface area contributed by atoms with Crippen molar-refractivity contribution in [3.63, 3.8) is 0 Å². The predicted octanol–water partition coefficient (Wildman–Crippen LogP) is 14.7. The maximum Gasteiger partial charge on any atom is 0.306 e. The lowest BCUT2D eigenvalue weighted by molar-refractivity contribution is -0.151. The number of unbranched alkanes of at least 4 members (excludes halogenated alkanes) is 24. The molecule has 0 aliphatic rings. The number of hydrogen-bond acceptors (Lipinski definition) is 5. The van der Waals surface area contributed by atoms with Gasteiger partial charge < -0.3 is 20.3 Å². The smallest absolute Gasteiger partial charge is 0.306 e. The van der Waals surface area contributed by atoms with Crippen LogP contribution in [0.1, 0.15) is 245 Å². The van der Waals surface area contributed by atoms with Crippen LogP contribution in [0.3, 0.4) is 0 Å². The molecule has 0 aromatic carbocycles. The summed E-state index contributed by atoms with van der Waals surface area (Å²) in [5, 5.41) is 23.7. The van der Waals surface area contributed by atoms with E-state index in [0.717, 1.165) is 89.9 Å². The zero-order valence-electron chi connectivity index (χ0n) is 38.4. The molecule has 6 heteroatoms. The third-order valence-corrected chi connectivity index (χ3v) is 11.1. The highest BCUT2D eigenvalue weighted by atomic mass is 16.5. The van der Waals surface area contributed by atoms with E-state index in [0.29, 0.717) is 19.3 Å². The average Bonchev–Trinajstić information content (AvgIpc) is 3.22. The average molecular weight is 814 g/mol. The zero-order chi connectivity index (χ0) is 42.4. The summed E-state index contributed by atoms with van der Waals surface area (Å²) < 4.78 is 5.89. The number of rotatable bonds is 44. The first kappa shape index (κ1) is 55.8. The Hall–Kier alpha value is -2.18. The summed E-state index contributed by atoms with van der Waals surface area (Å²) in [5.74, 6) is -0.529. The van der Waals surface area contributed by atoms with Crippen LogP contribution in [-0.4, -0.2) is 46.9 Å².